The minimum atomic E-state index is 0.255. The summed E-state index contributed by atoms with van der Waals surface area (Å²) in [6, 6.07) is 9.50. The molecule has 1 aromatic carbocycles. The van der Waals surface area contributed by atoms with Crippen LogP contribution in [-0.2, 0) is 6.42 Å². The standard InChI is InChI=1S/C14H23NO/c1-11-4-6-14(7-5-11)10-13(3)15-12(2)8-9-16/h4-7,12-13,15-16H,8-10H2,1-3H3. The van der Waals surface area contributed by atoms with Gasteiger partial charge in [0.1, 0.15) is 0 Å². The summed E-state index contributed by atoms with van der Waals surface area (Å²) in [6.07, 6.45) is 1.86. The molecule has 2 N–H and O–H groups in total. The molecule has 0 heterocycles. The van der Waals surface area contributed by atoms with Crippen LogP contribution in [0.5, 0.6) is 0 Å². The molecule has 90 valence electrons. The van der Waals surface area contributed by atoms with E-state index in [4.69, 9.17) is 5.11 Å². The predicted octanol–water partition coefficient (Wildman–Crippen LogP) is 2.29. The van der Waals surface area contributed by atoms with Crippen molar-refractivity contribution in [2.45, 2.75) is 45.7 Å². The molecule has 1 aromatic rings. The van der Waals surface area contributed by atoms with Gasteiger partial charge >= 0.3 is 0 Å². The Balaban J connectivity index is 2.39. The molecule has 0 radical (unpaired) electrons. The first-order chi connectivity index (χ1) is 7.61. The zero-order chi connectivity index (χ0) is 12.0. The number of hydrogen-bond donors (Lipinski definition) is 2. The molecule has 0 saturated carbocycles. The summed E-state index contributed by atoms with van der Waals surface area (Å²) in [5.41, 5.74) is 2.67. The average molecular weight is 221 g/mol. The third-order valence-corrected chi connectivity index (χ3v) is 2.79. The van der Waals surface area contributed by atoms with E-state index in [9.17, 15) is 0 Å². The van der Waals surface area contributed by atoms with E-state index < -0.39 is 0 Å². The van der Waals surface area contributed by atoms with Crippen LogP contribution in [0.25, 0.3) is 0 Å². The minimum Gasteiger partial charge on any atom is -0.396 e. The fourth-order valence-corrected chi connectivity index (χ4v) is 1.90. The molecule has 0 aromatic heterocycles. The van der Waals surface area contributed by atoms with Crippen LogP contribution in [0.4, 0.5) is 0 Å². The number of benzene rings is 1. The lowest BCUT2D eigenvalue weighted by molar-refractivity contribution is 0.264. The van der Waals surface area contributed by atoms with Crippen molar-refractivity contribution in [2.24, 2.45) is 0 Å². The predicted molar refractivity (Wildman–Crippen MR) is 68.6 cm³/mol. The third kappa shape index (κ3) is 4.77. The van der Waals surface area contributed by atoms with Crippen LogP contribution >= 0.6 is 0 Å². The molecule has 0 aliphatic rings. The topological polar surface area (TPSA) is 32.3 Å². The lowest BCUT2D eigenvalue weighted by atomic mass is 10.0. The number of rotatable bonds is 6. The van der Waals surface area contributed by atoms with Gasteiger partial charge in [-0.3, -0.25) is 0 Å². The highest BCUT2D eigenvalue weighted by Crippen LogP contribution is 2.06. The van der Waals surface area contributed by atoms with Crippen LogP contribution in [0.1, 0.15) is 31.4 Å². The Hall–Kier alpha value is -0.860. The molecule has 2 atom stereocenters. The summed E-state index contributed by atoms with van der Waals surface area (Å²) in [5, 5.41) is 12.3. The van der Waals surface area contributed by atoms with Gasteiger partial charge in [0.15, 0.2) is 0 Å². The monoisotopic (exact) mass is 221 g/mol. The molecular weight excluding hydrogens is 198 g/mol. The van der Waals surface area contributed by atoms with E-state index in [1.165, 1.54) is 11.1 Å². The number of aryl methyl sites for hydroxylation is 1. The quantitative estimate of drug-likeness (QED) is 0.772. The van der Waals surface area contributed by atoms with Gasteiger partial charge in [0.25, 0.3) is 0 Å². The van der Waals surface area contributed by atoms with Gasteiger partial charge in [-0.25, -0.2) is 0 Å². The molecule has 1 rings (SSSR count). The van der Waals surface area contributed by atoms with Crippen molar-refractivity contribution in [3.05, 3.63) is 35.4 Å². The molecule has 0 amide bonds. The van der Waals surface area contributed by atoms with Crippen molar-refractivity contribution < 1.29 is 5.11 Å². The summed E-state index contributed by atoms with van der Waals surface area (Å²) < 4.78 is 0. The van der Waals surface area contributed by atoms with Crippen LogP contribution in [0.3, 0.4) is 0 Å². The molecule has 0 spiro atoms. The van der Waals surface area contributed by atoms with E-state index in [-0.39, 0.29) is 6.61 Å². The Kier molecular flexibility index (Phi) is 5.50. The lowest BCUT2D eigenvalue weighted by Gasteiger charge is -2.19. The molecule has 0 saturated heterocycles. The van der Waals surface area contributed by atoms with Gasteiger partial charge in [-0.1, -0.05) is 29.8 Å². The fraction of sp³-hybridized carbons (Fsp3) is 0.571. The van der Waals surface area contributed by atoms with Crippen LogP contribution in [-0.4, -0.2) is 23.8 Å². The van der Waals surface area contributed by atoms with E-state index in [0.717, 1.165) is 12.8 Å². The number of aliphatic hydroxyl groups excluding tert-OH is 1. The minimum absolute atomic E-state index is 0.255. The first kappa shape index (κ1) is 13.2. The van der Waals surface area contributed by atoms with Crippen molar-refractivity contribution in [1.82, 2.24) is 5.32 Å². The molecular formula is C14H23NO. The second-order valence-electron chi connectivity index (χ2n) is 4.67. The summed E-state index contributed by atoms with van der Waals surface area (Å²) in [4.78, 5) is 0. The molecule has 0 aliphatic carbocycles. The molecule has 2 heteroatoms. The zero-order valence-electron chi connectivity index (χ0n) is 10.5. The van der Waals surface area contributed by atoms with Crippen molar-refractivity contribution in [1.29, 1.82) is 0 Å². The van der Waals surface area contributed by atoms with E-state index >= 15 is 0 Å². The molecule has 0 fully saturated rings. The maximum atomic E-state index is 8.83. The maximum absolute atomic E-state index is 8.83. The first-order valence-corrected chi connectivity index (χ1v) is 6.04. The Bertz CT molecular complexity index is 294. The molecule has 16 heavy (non-hydrogen) atoms. The lowest BCUT2D eigenvalue weighted by Crippen LogP contribution is -2.36. The normalized spacial score (nSPS) is 14.8. The van der Waals surface area contributed by atoms with Crippen LogP contribution in [0.2, 0.25) is 0 Å². The summed E-state index contributed by atoms with van der Waals surface area (Å²) in [6.45, 7) is 6.66. The Labute approximate surface area is 98.7 Å². The summed E-state index contributed by atoms with van der Waals surface area (Å²) in [7, 11) is 0. The summed E-state index contributed by atoms with van der Waals surface area (Å²) in [5.74, 6) is 0. The van der Waals surface area contributed by atoms with Gasteiger partial charge in [0, 0.05) is 18.7 Å². The van der Waals surface area contributed by atoms with Crippen LogP contribution < -0.4 is 5.32 Å². The van der Waals surface area contributed by atoms with Crippen LogP contribution in [0.15, 0.2) is 24.3 Å². The second kappa shape index (κ2) is 6.66. The van der Waals surface area contributed by atoms with E-state index in [0.29, 0.717) is 12.1 Å². The molecule has 0 bridgehead atoms. The van der Waals surface area contributed by atoms with E-state index in [1.807, 2.05) is 0 Å². The van der Waals surface area contributed by atoms with Gasteiger partial charge in [-0.2, -0.15) is 0 Å². The molecule has 2 nitrogen and oxygen atoms in total. The molecule has 2 unspecified atom stereocenters. The Morgan fingerprint density at radius 2 is 1.75 bits per heavy atom. The van der Waals surface area contributed by atoms with E-state index in [2.05, 4.69) is 50.4 Å². The second-order valence-corrected chi connectivity index (χ2v) is 4.67. The molecule has 0 aliphatic heterocycles. The van der Waals surface area contributed by atoms with Gasteiger partial charge in [0.05, 0.1) is 0 Å². The van der Waals surface area contributed by atoms with Crippen molar-refractivity contribution >= 4 is 0 Å². The van der Waals surface area contributed by atoms with Gasteiger partial charge in [0.2, 0.25) is 0 Å². The van der Waals surface area contributed by atoms with Crippen molar-refractivity contribution in [3.8, 4) is 0 Å². The van der Waals surface area contributed by atoms with E-state index in [1.54, 1.807) is 0 Å². The highest BCUT2D eigenvalue weighted by atomic mass is 16.3. The zero-order valence-corrected chi connectivity index (χ0v) is 10.5. The van der Waals surface area contributed by atoms with Gasteiger partial charge < -0.3 is 10.4 Å². The third-order valence-electron chi connectivity index (χ3n) is 2.79. The summed E-state index contributed by atoms with van der Waals surface area (Å²) >= 11 is 0. The smallest absolute Gasteiger partial charge is 0.0445 e. The van der Waals surface area contributed by atoms with Crippen molar-refractivity contribution in [2.75, 3.05) is 6.61 Å². The Morgan fingerprint density at radius 1 is 1.12 bits per heavy atom. The van der Waals surface area contributed by atoms with Crippen LogP contribution in [0, 0.1) is 6.92 Å². The maximum Gasteiger partial charge on any atom is 0.0445 e. The number of aliphatic hydroxyl groups is 1. The number of nitrogens with one attached hydrogen (secondary N) is 1. The SMILES string of the molecule is Cc1ccc(CC(C)NC(C)CCO)cc1. The average Bonchev–Trinajstić information content (AvgIpc) is 2.21. The number of hydrogen-bond acceptors (Lipinski definition) is 2. The van der Waals surface area contributed by atoms with Gasteiger partial charge in [-0.05, 0) is 39.2 Å². The highest BCUT2D eigenvalue weighted by molar-refractivity contribution is 5.21. The highest BCUT2D eigenvalue weighted by Gasteiger charge is 2.07. The van der Waals surface area contributed by atoms with Gasteiger partial charge in [-0.15, -0.1) is 0 Å². The largest absolute Gasteiger partial charge is 0.396 e. The Morgan fingerprint density at radius 3 is 2.31 bits per heavy atom. The fourth-order valence-electron chi connectivity index (χ4n) is 1.90. The first-order valence-electron chi connectivity index (χ1n) is 6.04. The van der Waals surface area contributed by atoms with Crippen molar-refractivity contribution in [3.63, 3.8) is 0 Å².